The van der Waals surface area contributed by atoms with Gasteiger partial charge in [0.15, 0.2) is 10.8 Å². The number of rotatable bonds is 44. The minimum atomic E-state index is -1.14. The SMILES string of the molecule is Cn1cc(NC(=O)c2cc(NC(=O)c3cc(NC(=O)c4snc(Cl)c4Cl)cn3C)cn2C)cc1C(=O)NCCN1CCOCC1.Cn1cc(NC(=O)c2nsc(NCCCNC3CCCCC3)c2Cl)cc1C(=O)NCCCC(=O)Nc1cc(C(=O)NCCC(=O)Nc2cc(C(=O)NC(CC(=O)NCCCNC3CCCCC3)C(=O)NCCCNC3CCCCC3)n(C)c2)n(C)c1. The standard InChI is InChI=1S/C60H91ClN16O8S.C28H31Cl2N9O5S/c1-75-37-43(70-50(78)23-13-25-67-56(82)48-35-45(39-76(48)2)72-59(85)54-53(61)60(86-74-54)69-31-16-28-64-42-21-11-6-12-22-42)33-47(75)57(83)68-32-24-51(79)71-44-34-49(77(3)38-44)58(84)73-46(55(81)66-30-15-27-63-41-19-9-5-10-20-41)36-52(80)65-29-14-26-62-40-17-7-4-8-18-40;1-36-13-16(10-19(36)25(40)31-4-5-39-6-8-44-9-7-39)32-26(41)20-11-17(14-37(20)2)33-27(42)21-12-18(15-38(21)3)34-28(43)23-22(29)24(30)35-45-23/h33-35,37-42,46,62-64,69H,4-32,36H2,1-3H3,(H,65,80)(H,66,81)(H,67,82)(H,68,83)(H,70,78)(H,71,79)(H,72,85)(H,73,84);10-15H,4-9H2,1-3H3,(H,31,40)(H,32,41)(H,33,42)(H,34,43). The first kappa shape index (κ1) is 101. The monoisotopic (exact) mass is 1910 g/mol. The van der Waals surface area contributed by atoms with Crippen molar-refractivity contribution in [2.75, 3.05) is 129 Å². The molecule has 38 nitrogen and oxygen atoms in total. The Morgan fingerprint density at radius 3 is 1.24 bits per heavy atom. The average molecular weight is 1910 g/mol. The van der Waals surface area contributed by atoms with Crippen molar-refractivity contribution in [2.24, 2.45) is 42.3 Å². The Morgan fingerprint density at radius 2 is 0.779 bits per heavy atom. The van der Waals surface area contributed by atoms with Crippen LogP contribution in [0.5, 0.6) is 0 Å². The number of halogens is 3. The fraction of sp³-hybridized carbons (Fsp3) is 0.523. The summed E-state index contributed by atoms with van der Waals surface area (Å²) < 4.78 is 22.9. The maximum absolute atomic E-state index is 13.7. The molecule has 0 spiro atoms. The van der Waals surface area contributed by atoms with Crippen LogP contribution >= 0.6 is 57.9 Å². The molecule has 12 amide bonds. The Labute approximate surface area is 784 Å². The number of aryl methyl sites for hydroxylation is 6. The summed E-state index contributed by atoms with van der Waals surface area (Å²) in [6.45, 7) is 8.42. The van der Waals surface area contributed by atoms with E-state index in [9.17, 15) is 57.5 Å². The topological polar surface area (TPSA) is 465 Å². The number of carbonyl (C=O) groups is 12. The number of anilines is 7. The van der Waals surface area contributed by atoms with E-state index in [-0.39, 0.29) is 98.6 Å². The van der Waals surface area contributed by atoms with Crippen LogP contribution < -0.4 is 85.1 Å². The summed E-state index contributed by atoms with van der Waals surface area (Å²) in [5, 5.41) is 48.6. The second-order valence-electron chi connectivity index (χ2n) is 33.4. The molecule has 1 atom stereocenters. The number of ether oxygens (including phenoxy) is 1. The number of amides is 12. The zero-order valence-electron chi connectivity index (χ0n) is 75.0. The lowest BCUT2D eigenvalue weighted by Crippen LogP contribution is -2.50. The van der Waals surface area contributed by atoms with Crippen LogP contribution in [0, 0.1) is 0 Å². The summed E-state index contributed by atoms with van der Waals surface area (Å²) in [5.74, 6) is -5.16. The highest BCUT2D eigenvalue weighted by atomic mass is 35.5. The quantitative estimate of drug-likeness (QED) is 0.0158. The molecule has 1 unspecified atom stereocenters. The molecule has 131 heavy (non-hydrogen) atoms. The van der Waals surface area contributed by atoms with Crippen molar-refractivity contribution in [1.29, 1.82) is 0 Å². The Balaban J connectivity index is 0.000000307. The molecule has 43 heteroatoms. The van der Waals surface area contributed by atoms with Crippen LogP contribution in [-0.2, 0) is 66.2 Å². The first-order valence-corrected chi connectivity index (χ1v) is 47.5. The highest BCUT2D eigenvalue weighted by Gasteiger charge is 2.30. The molecule has 8 aromatic rings. The van der Waals surface area contributed by atoms with E-state index in [2.05, 4.69) is 98.7 Å². The molecule has 4 fully saturated rings. The lowest BCUT2D eigenvalue weighted by Gasteiger charge is -2.26. The van der Waals surface area contributed by atoms with Crippen LogP contribution in [0.2, 0.25) is 15.2 Å². The minimum absolute atomic E-state index is 0.0203. The third-order valence-corrected chi connectivity index (χ3v) is 26.2. The van der Waals surface area contributed by atoms with Crippen LogP contribution in [0.3, 0.4) is 0 Å². The number of carbonyl (C=O) groups excluding carboxylic acids is 12. The number of aromatic nitrogens is 8. The van der Waals surface area contributed by atoms with Crippen LogP contribution in [0.15, 0.2) is 73.6 Å². The normalized spacial score (nSPS) is 14.7. The van der Waals surface area contributed by atoms with Gasteiger partial charge in [-0.05, 0) is 143 Å². The van der Waals surface area contributed by atoms with Gasteiger partial charge in [0, 0.05) is 169 Å². The van der Waals surface area contributed by atoms with Gasteiger partial charge < -0.3 is 117 Å². The van der Waals surface area contributed by atoms with Crippen molar-refractivity contribution in [3.8, 4) is 0 Å². The van der Waals surface area contributed by atoms with Gasteiger partial charge in [-0.15, -0.1) is 0 Å². The molecule has 3 saturated carbocycles. The van der Waals surface area contributed by atoms with E-state index in [0.717, 1.165) is 88.0 Å². The minimum Gasteiger partial charge on any atom is -0.379 e. The maximum Gasteiger partial charge on any atom is 0.277 e. The second kappa shape index (κ2) is 50.6. The molecule has 0 radical (unpaired) electrons. The third kappa shape index (κ3) is 30.8. The van der Waals surface area contributed by atoms with Gasteiger partial charge in [0.2, 0.25) is 23.6 Å². The zero-order valence-corrected chi connectivity index (χ0v) is 78.9. The number of morpholine rings is 1. The lowest BCUT2D eigenvalue weighted by molar-refractivity contribution is -0.128. The van der Waals surface area contributed by atoms with Gasteiger partial charge in [-0.3, -0.25) is 62.4 Å². The molecule has 0 bridgehead atoms. The van der Waals surface area contributed by atoms with Crippen LogP contribution in [0.1, 0.15) is 224 Å². The van der Waals surface area contributed by atoms with Gasteiger partial charge in [-0.1, -0.05) is 92.6 Å². The highest BCUT2D eigenvalue weighted by Crippen LogP contribution is 2.33. The highest BCUT2D eigenvalue weighted by molar-refractivity contribution is 7.11. The summed E-state index contributed by atoms with van der Waals surface area (Å²) in [7, 11) is 10.0. The summed E-state index contributed by atoms with van der Waals surface area (Å²) in [6.07, 6.45) is 30.4. The molecular weight excluding hydrogens is 1790 g/mol. The number of nitrogens with one attached hydrogen (secondary N) is 16. The predicted octanol–water partition coefficient (Wildman–Crippen LogP) is 9.33. The number of hydrogen-bond donors (Lipinski definition) is 16. The van der Waals surface area contributed by atoms with Gasteiger partial charge >= 0.3 is 0 Å². The van der Waals surface area contributed by atoms with E-state index >= 15 is 0 Å². The van der Waals surface area contributed by atoms with Gasteiger partial charge in [0.25, 0.3) is 47.3 Å². The first-order chi connectivity index (χ1) is 63.1. The Bertz CT molecular complexity index is 5250. The average Bonchev–Trinajstić information content (AvgIpc) is 1.72. The van der Waals surface area contributed by atoms with Gasteiger partial charge in [-0.25, -0.2) is 0 Å². The summed E-state index contributed by atoms with van der Waals surface area (Å²) >= 11 is 20.4. The fourth-order valence-electron chi connectivity index (χ4n) is 16.0. The number of nitrogens with zero attached hydrogens (tertiary/aromatic N) is 9. The molecule has 710 valence electrons. The van der Waals surface area contributed by atoms with E-state index in [4.69, 9.17) is 39.5 Å². The predicted molar refractivity (Wildman–Crippen MR) is 508 cm³/mol. The van der Waals surface area contributed by atoms with E-state index in [0.29, 0.717) is 121 Å². The van der Waals surface area contributed by atoms with Gasteiger partial charge in [0.1, 0.15) is 60.1 Å². The second-order valence-corrected chi connectivity index (χ2v) is 36.0. The van der Waals surface area contributed by atoms with Crippen molar-refractivity contribution >= 4 is 168 Å². The largest absolute Gasteiger partial charge is 0.379 e. The molecule has 1 aliphatic heterocycles. The van der Waals surface area contributed by atoms with Crippen molar-refractivity contribution < 1.29 is 62.3 Å². The molecular formula is C88H122Cl3N25O13S2. The molecule has 8 aromatic heterocycles. The molecule has 4 aliphatic rings. The smallest absolute Gasteiger partial charge is 0.277 e. The van der Waals surface area contributed by atoms with E-state index in [1.807, 2.05) is 0 Å². The Morgan fingerprint density at radius 1 is 0.389 bits per heavy atom. The molecule has 16 N–H and O–H groups in total. The van der Waals surface area contributed by atoms with E-state index in [1.165, 1.54) is 112 Å². The van der Waals surface area contributed by atoms with Crippen LogP contribution in [0.25, 0.3) is 0 Å². The van der Waals surface area contributed by atoms with Crippen LogP contribution in [0.4, 0.5) is 39.1 Å². The fourth-order valence-corrected chi connectivity index (χ4v) is 18.2. The summed E-state index contributed by atoms with van der Waals surface area (Å²) in [4.78, 5) is 160. The molecule has 0 aromatic carbocycles. The summed E-state index contributed by atoms with van der Waals surface area (Å²) in [6, 6.07) is 9.65. The van der Waals surface area contributed by atoms with Gasteiger partial charge in [-0.2, -0.15) is 8.75 Å². The number of hydrogen-bond acceptors (Lipinski definition) is 22. The molecule has 3 aliphatic carbocycles. The Kier molecular flexibility index (Phi) is 38.9. The van der Waals surface area contributed by atoms with Gasteiger partial charge in [0.05, 0.1) is 53.8 Å². The third-order valence-electron chi connectivity index (χ3n) is 23.1. The van der Waals surface area contributed by atoms with Crippen molar-refractivity contribution in [1.82, 2.24) is 88.9 Å². The molecule has 12 rings (SSSR count). The van der Waals surface area contributed by atoms with Crippen molar-refractivity contribution in [3.05, 3.63) is 134 Å². The van der Waals surface area contributed by atoms with Crippen LogP contribution in [-0.4, -0.2) is 228 Å². The first-order valence-electron chi connectivity index (χ1n) is 44.8. The maximum atomic E-state index is 13.7. The van der Waals surface area contributed by atoms with Crippen molar-refractivity contribution in [2.45, 2.75) is 165 Å². The summed E-state index contributed by atoms with van der Waals surface area (Å²) in [5.41, 5.74) is 4.03. The molecule has 9 heterocycles. The van der Waals surface area contributed by atoms with E-state index < -0.39 is 59.2 Å². The lowest BCUT2D eigenvalue weighted by atomic mass is 9.95. The van der Waals surface area contributed by atoms with Crippen molar-refractivity contribution in [3.63, 3.8) is 0 Å². The molecule has 1 saturated heterocycles. The Hall–Kier alpha value is -10.9. The van der Waals surface area contributed by atoms with E-state index in [1.54, 1.807) is 114 Å². The zero-order chi connectivity index (χ0) is 93.5.